The Hall–Kier alpha value is -1.52. The maximum absolute atomic E-state index is 12.0. The van der Waals surface area contributed by atoms with Crippen LogP contribution in [0.3, 0.4) is 0 Å². The van der Waals surface area contributed by atoms with E-state index in [-0.39, 0.29) is 6.04 Å². The van der Waals surface area contributed by atoms with Gasteiger partial charge >= 0.3 is 0 Å². The average Bonchev–Trinajstić information content (AvgIpc) is 2.37. The number of hydrogen-bond acceptors (Lipinski definition) is 2. The van der Waals surface area contributed by atoms with Crippen molar-refractivity contribution < 1.29 is 4.21 Å². The first-order valence-corrected chi connectivity index (χ1v) is 7.84. The zero-order chi connectivity index (χ0) is 14.7. The predicted octanol–water partition coefficient (Wildman–Crippen LogP) is 3.39. The van der Waals surface area contributed by atoms with E-state index >= 15 is 0 Å². The summed E-state index contributed by atoms with van der Waals surface area (Å²) < 4.78 is 15.0. The van der Waals surface area contributed by atoms with Crippen molar-refractivity contribution >= 4 is 11.0 Å². The van der Waals surface area contributed by atoms with Gasteiger partial charge in [0.05, 0.1) is 4.90 Å². The van der Waals surface area contributed by atoms with E-state index in [1.165, 1.54) is 0 Å². The number of rotatable bonds is 4. The molecular formula is C16H20N2OS. The highest BCUT2D eigenvalue weighted by Crippen LogP contribution is 2.22. The van der Waals surface area contributed by atoms with Crippen LogP contribution in [0.25, 0.3) is 11.1 Å². The van der Waals surface area contributed by atoms with Crippen molar-refractivity contribution in [2.45, 2.75) is 38.6 Å². The fraction of sp³-hybridized carbons (Fsp3) is 0.312. The number of aromatic nitrogens is 1. The van der Waals surface area contributed by atoms with Crippen LogP contribution in [0.15, 0.2) is 41.3 Å². The molecule has 0 saturated carbocycles. The summed E-state index contributed by atoms with van der Waals surface area (Å²) in [6, 6.07) is 12.1. The smallest absolute Gasteiger partial charge is 0.125 e. The van der Waals surface area contributed by atoms with Crippen LogP contribution in [0.2, 0.25) is 0 Å². The third kappa shape index (κ3) is 3.74. The van der Waals surface area contributed by atoms with E-state index in [4.69, 9.17) is 0 Å². The fourth-order valence-electron chi connectivity index (χ4n) is 2.05. The summed E-state index contributed by atoms with van der Waals surface area (Å²) in [6.45, 7) is 7.95. The summed E-state index contributed by atoms with van der Waals surface area (Å²) in [7, 11) is -1.15. The third-order valence-electron chi connectivity index (χ3n) is 2.83. The van der Waals surface area contributed by atoms with Gasteiger partial charge < -0.3 is 0 Å². The average molecular weight is 288 g/mol. The Kier molecular flexibility index (Phi) is 4.68. The molecule has 0 aliphatic carbocycles. The van der Waals surface area contributed by atoms with Gasteiger partial charge in [0.2, 0.25) is 0 Å². The second-order valence-electron chi connectivity index (χ2n) is 5.20. The SMILES string of the molecule is Cc1cc(-c2ccc(S(=O)NC(C)C)cc2)cc(C)n1. The van der Waals surface area contributed by atoms with Crippen LogP contribution < -0.4 is 4.72 Å². The topological polar surface area (TPSA) is 42.0 Å². The molecule has 1 atom stereocenters. The summed E-state index contributed by atoms with van der Waals surface area (Å²) in [5.41, 5.74) is 4.27. The lowest BCUT2D eigenvalue weighted by Crippen LogP contribution is -2.24. The molecule has 0 bridgehead atoms. The summed E-state index contributed by atoms with van der Waals surface area (Å²) >= 11 is 0. The van der Waals surface area contributed by atoms with E-state index in [2.05, 4.69) is 21.8 Å². The van der Waals surface area contributed by atoms with Crippen LogP contribution in [-0.4, -0.2) is 15.2 Å². The maximum Gasteiger partial charge on any atom is 0.125 e. The molecule has 1 heterocycles. The largest absolute Gasteiger partial charge is 0.258 e. The second-order valence-corrected chi connectivity index (χ2v) is 6.45. The second kappa shape index (κ2) is 6.29. The van der Waals surface area contributed by atoms with Gasteiger partial charge in [0.25, 0.3) is 0 Å². The molecule has 1 unspecified atom stereocenters. The fourth-order valence-corrected chi connectivity index (χ4v) is 3.00. The molecule has 2 rings (SSSR count). The third-order valence-corrected chi connectivity index (χ3v) is 4.21. The molecule has 0 radical (unpaired) electrons. The standard InChI is InChI=1S/C16H20N2OS/c1-11(2)18-20(19)16-7-5-14(6-8-16)15-9-12(3)17-13(4)10-15/h5-11,18H,1-4H3. The zero-order valence-corrected chi connectivity index (χ0v) is 13.1. The van der Waals surface area contributed by atoms with Gasteiger partial charge in [-0.1, -0.05) is 12.1 Å². The molecule has 1 aromatic heterocycles. The Morgan fingerprint density at radius 3 is 2.05 bits per heavy atom. The molecule has 1 aromatic carbocycles. The summed E-state index contributed by atoms with van der Waals surface area (Å²) in [4.78, 5) is 5.18. The Balaban J connectivity index is 2.25. The minimum Gasteiger partial charge on any atom is -0.258 e. The molecule has 2 aromatic rings. The van der Waals surface area contributed by atoms with Crippen molar-refractivity contribution in [3.05, 3.63) is 47.8 Å². The van der Waals surface area contributed by atoms with E-state index in [1.54, 1.807) is 0 Å². The predicted molar refractivity (Wildman–Crippen MR) is 83.8 cm³/mol. The number of hydrogen-bond donors (Lipinski definition) is 1. The molecule has 4 heteroatoms. The van der Waals surface area contributed by atoms with Crippen LogP contribution >= 0.6 is 0 Å². The van der Waals surface area contributed by atoms with Crippen LogP contribution in [0.1, 0.15) is 25.2 Å². The molecule has 0 amide bonds. The molecular weight excluding hydrogens is 268 g/mol. The van der Waals surface area contributed by atoms with E-state index in [1.807, 2.05) is 52.0 Å². The highest BCUT2D eigenvalue weighted by molar-refractivity contribution is 7.83. The monoisotopic (exact) mass is 288 g/mol. The molecule has 0 aliphatic heterocycles. The van der Waals surface area contributed by atoms with Gasteiger partial charge in [-0.2, -0.15) is 0 Å². The molecule has 20 heavy (non-hydrogen) atoms. The van der Waals surface area contributed by atoms with Crippen molar-refractivity contribution in [1.29, 1.82) is 0 Å². The lowest BCUT2D eigenvalue weighted by Gasteiger charge is -2.09. The molecule has 1 N–H and O–H groups in total. The van der Waals surface area contributed by atoms with Crippen LogP contribution in [0.4, 0.5) is 0 Å². The van der Waals surface area contributed by atoms with E-state index in [0.717, 1.165) is 27.4 Å². The lowest BCUT2D eigenvalue weighted by atomic mass is 10.1. The first-order valence-electron chi connectivity index (χ1n) is 6.69. The molecule has 106 valence electrons. The minimum absolute atomic E-state index is 0.195. The zero-order valence-electron chi connectivity index (χ0n) is 12.3. The van der Waals surface area contributed by atoms with Crippen LogP contribution in [0.5, 0.6) is 0 Å². The quantitative estimate of drug-likeness (QED) is 0.937. The van der Waals surface area contributed by atoms with Gasteiger partial charge in [0.1, 0.15) is 11.0 Å². The van der Waals surface area contributed by atoms with Crippen molar-refractivity contribution in [3.8, 4) is 11.1 Å². The van der Waals surface area contributed by atoms with Gasteiger partial charge in [-0.15, -0.1) is 0 Å². The van der Waals surface area contributed by atoms with Gasteiger partial charge in [-0.25, -0.2) is 8.93 Å². The van der Waals surface area contributed by atoms with Gasteiger partial charge in [-0.05, 0) is 63.1 Å². The van der Waals surface area contributed by atoms with E-state index in [9.17, 15) is 4.21 Å². The van der Waals surface area contributed by atoms with Crippen molar-refractivity contribution in [3.63, 3.8) is 0 Å². The summed E-state index contributed by atoms with van der Waals surface area (Å²) in [5, 5.41) is 0. The number of benzene rings is 1. The van der Waals surface area contributed by atoms with E-state index in [0.29, 0.717) is 0 Å². The summed E-state index contributed by atoms with van der Waals surface area (Å²) in [6.07, 6.45) is 0. The summed E-state index contributed by atoms with van der Waals surface area (Å²) in [5.74, 6) is 0. The van der Waals surface area contributed by atoms with Crippen molar-refractivity contribution in [2.24, 2.45) is 0 Å². The first kappa shape index (κ1) is 14.9. The Bertz CT molecular complexity index is 601. The van der Waals surface area contributed by atoms with E-state index < -0.39 is 11.0 Å². The Morgan fingerprint density at radius 2 is 1.55 bits per heavy atom. The highest BCUT2D eigenvalue weighted by atomic mass is 32.2. The molecule has 0 spiro atoms. The molecule has 0 aliphatic rings. The highest BCUT2D eigenvalue weighted by Gasteiger charge is 2.06. The minimum atomic E-state index is -1.15. The van der Waals surface area contributed by atoms with Gasteiger partial charge in [-0.3, -0.25) is 4.98 Å². The number of pyridine rings is 1. The Morgan fingerprint density at radius 1 is 1.00 bits per heavy atom. The molecule has 0 saturated heterocycles. The van der Waals surface area contributed by atoms with Crippen molar-refractivity contribution in [1.82, 2.24) is 9.71 Å². The number of nitrogens with zero attached hydrogens (tertiary/aromatic N) is 1. The normalized spacial score (nSPS) is 12.7. The molecule has 3 nitrogen and oxygen atoms in total. The Labute approximate surface area is 123 Å². The van der Waals surface area contributed by atoms with Gasteiger partial charge in [0, 0.05) is 17.4 Å². The maximum atomic E-state index is 12.0. The van der Waals surface area contributed by atoms with Crippen LogP contribution in [-0.2, 0) is 11.0 Å². The number of nitrogens with one attached hydrogen (secondary N) is 1. The molecule has 0 fully saturated rings. The lowest BCUT2D eigenvalue weighted by molar-refractivity contribution is 0.656. The first-order chi connectivity index (χ1) is 9.45. The van der Waals surface area contributed by atoms with Gasteiger partial charge in [0.15, 0.2) is 0 Å². The number of aryl methyl sites for hydroxylation is 2. The van der Waals surface area contributed by atoms with Crippen molar-refractivity contribution in [2.75, 3.05) is 0 Å². The van der Waals surface area contributed by atoms with Crippen LogP contribution in [0, 0.1) is 13.8 Å².